The minimum absolute atomic E-state index is 0.342. The lowest BCUT2D eigenvalue weighted by Gasteiger charge is -2.30. The Morgan fingerprint density at radius 2 is 1.67 bits per heavy atom. The van der Waals surface area contributed by atoms with Gasteiger partial charge in [-0.25, -0.2) is 0 Å². The molecule has 3 heteroatoms. The van der Waals surface area contributed by atoms with Gasteiger partial charge in [-0.1, -0.05) is 42.5 Å². The Hall–Kier alpha value is -2.00. The van der Waals surface area contributed by atoms with Crippen molar-refractivity contribution in [2.24, 2.45) is 5.73 Å². The second-order valence-corrected chi connectivity index (χ2v) is 5.46. The van der Waals surface area contributed by atoms with Crippen LogP contribution in [0.2, 0.25) is 0 Å². The number of anilines is 2. The van der Waals surface area contributed by atoms with E-state index < -0.39 is 0 Å². The van der Waals surface area contributed by atoms with Crippen LogP contribution < -0.4 is 15.5 Å². The summed E-state index contributed by atoms with van der Waals surface area (Å²) < 4.78 is 0. The topological polar surface area (TPSA) is 32.5 Å². The van der Waals surface area contributed by atoms with Gasteiger partial charge in [0.2, 0.25) is 0 Å². The first-order valence-electron chi connectivity index (χ1n) is 7.70. The Morgan fingerprint density at radius 3 is 2.33 bits per heavy atom. The lowest BCUT2D eigenvalue weighted by Crippen LogP contribution is -2.34. The zero-order valence-corrected chi connectivity index (χ0v) is 12.6. The molecule has 0 aromatic heterocycles. The maximum atomic E-state index is 5.88. The van der Waals surface area contributed by atoms with Crippen molar-refractivity contribution in [3.8, 4) is 0 Å². The minimum atomic E-state index is 0.342. The molecule has 1 atom stereocenters. The molecule has 0 saturated heterocycles. The van der Waals surface area contributed by atoms with E-state index in [-0.39, 0.29) is 0 Å². The summed E-state index contributed by atoms with van der Waals surface area (Å²) in [6.45, 7) is 4.87. The van der Waals surface area contributed by atoms with Gasteiger partial charge >= 0.3 is 0 Å². The SMILES string of the molecule is CCN1CN([C@H](CCN)c2ccccc2)c2ccccc21. The number of hydrogen-bond acceptors (Lipinski definition) is 3. The van der Waals surface area contributed by atoms with Crippen LogP contribution in [0.1, 0.15) is 24.9 Å². The van der Waals surface area contributed by atoms with Crippen LogP contribution in [0.3, 0.4) is 0 Å². The molecule has 3 nitrogen and oxygen atoms in total. The molecule has 1 aliphatic rings. The zero-order valence-electron chi connectivity index (χ0n) is 12.6. The Bertz CT molecular complexity index is 582. The maximum Gasteiger partial charge on any atom is 0.0910 e. The second kappa shape index (κ2) is 6.19. The molecule has 0 saturated carbocycles. The van der Waals surface area contributed by atoms with E-state index >= 15 is 0 Å². The van der Waals surface area contributed by atoms with E-state index in [1.165, 1.54) is 16.9 Å². The van der Waals surface area contributed by atoms with Crippen LogP contribution in [0.5, 0.6) is 0 Å². The lowest BCUT2D eigenvalue weighted by atomic mass is 10.0. The molecule has 0 radical (unpaired) electrons. The fourth-order valence-corrected chi connectivity index (χ4v) is 3.18. The third-order valence-electron chi connectivity index (χ3n) is 4.24. The highest BCUT2D eigenvalue weighted by Crippen LogP contribution is 2.41. The van der Waals surface area contributed by atoms with Crippen LogP contribution in [0.15, 0.2) is 54.6 Å². The van der Waals surface area contributed by atoms with Crippen LogP contribution in [0, 0.1) is 0 Å². The number of fused-ring (bicyclic) bond motifs is 1. The van der Waals surface area contributed by atoms with Crippen molar-refractivity contribution in [2.45, 2.75) is 19.4 Å². The molecule has 1 heterocycles. The molecule has 3 rings (SSSR count). The third-order valence-corrected chi connectivity index (χ3v) is 4.24. The average Bonchev–Trinajstić information content (AvgIpc) is 2.92. The van der Waals surface area contributed by atoms with Crippen LogP contribution in [-0.2, 0) is 0 Å². The predicted octanol–water partition coefficient (Wildman–Crippen LogP) is 3.38. The lowest BCUT2D eigenvalue weighted by molar-refractivity contribution is 0.589. The molecule has 1 aliphatic heterocycles. The summed E-state index contributed by atoms with van der Waals surface area (Å²) in [6, 6.07) is 19.7. The fourth-order valence-electron chi connectivity index (χ4n) is 3.18. The molecule has 110 valence electrons. The van der Waals surface area contributed by atoms with Crippen molar-refractivity contribution in [3.05, 3.63) is 60.2 Å². The van der Waals surface area contributed by atoms with Gasteiger partial charge in [0.05, 0.1) is 24.1 Å². The van der Waals surface area contributed by atoms with E-state index in [1.807, 2.05) is 0 Å². The van der Waals surface area contributed by atoms with Crippen molar-refractivity contribution in [3.63, 3.8) is 0 Å². The first-order chi connectivity index (χ1) is 10.3. The molecule has 0 fully saturated rings. The van der Waals surface area contributed by atoms with E-state index in [4.69, 9.17) is 5.73 Å². The number of rotatable bonds is 5. The van der Waals surface area contributed by atoms with Crippen molar-refractivity contribution in [1.29, 1.82) is 0 Å². The first-order valence-corrected chi connectivity index (χ1v) is 7.70. The summed E-state index contributed by atoms with van der Waals surface area (Å²) in [7, 11) is 0. The molecule has 0 amide bonds. The van der Waals surface area contributed by atoms with Gasteiger partial charge < -0.3 is 15.5 Å². The molecule has 21 heavy (non-hydrogen) atoms. The summed E-state index contributed by atoms with van der Waals surface area (Å²) >= 11 is 0. The van der Waals surface area contributed by atoms with Gasteiger partial charge in [0.15, 0.2) is 0 Å². The van der Waals surface area contributed by atoms with Crippen molar-refractivity contribution in [2.75, 3.05) is 29.6 Å². The Balaban J connectivity index is 1.98. The fraction of sp³-hybridized carbons (Fsp3) is 0.333. The van der Waals surface area contributed by atoms with Crippen molar-refractivity contribution < 1.29 is 0 Å². The minimum Gasteiger partial charge on any atom is -0.352 e. The van der Waals surface area contributed by atoms with Gasteiger partial charge in [-0.2, -0.15) is 0 Å². The van der Waals surface area contributed by atoms with Gasteiger partial charge in [0, 0.05) is 6.54 Å². The van der Waals surface area contributed by atoms with Crippen LogP contribution in [0.25, 0.3) is 0 Å². The molecule has 0 bridgehead atoms. The average molecular weight is 281 g/mol. The van der Waals surface area contributed by atoms with E-state index in [0.29, 0.717) is 12.6 Å². The highest BCUT2D eigenvalue weighted by atomic mass is 15.4. The number of nitrogens with zero attached hydrogens (tertiary/aromatic N) is 2. The summed E-state index contributed by atoms with van der Waals surface area (Å²) in [5.74, 6) is 0. The molecular weight excluding hydrogens is 258 g/mol. The normalized spacial score (nSPS) is 15.1. The summed E-state index contributed by atoms with van der Waals surface area (Å²) in [6.07, 6.45) is 0.968. The molecule has 0 aliphatic carbocycles. The van der Waals surface area contributed by atoms with Crippen molar-refractivity contribution in [1.82, 2.24) is 0 Å². The quantitative estimate of drug-likeness (QED) is 0.912. The summed E-state index contributed by atoms with van der Waals surface area (Å²) in [4.78, 5) is 4.91. The van der Waals surface area contributed by atoms with E-state index in [0.717, 1.165) is 19.6 Å². The highest BCUT2D eigenvalue weighted by Gasteiger charge is 2.30. The van der Waals surface area contributed by atoms with Gasteiger partial charge in [0.1, 0.15) is 0 Å². The standard InChI is InChI=1S/C18H23N3/c1-2-20-14-21(18-11-7-6-10-17(18)20)16(12-13-19)15-8-4-3-5-9-15/h3-11,16H,2,12-14,19H2,1H3/t16-/m1/s1. The molecular formula is C18H23N3. The predicted molar refractivity (Wildman–Crippen MR) is 89.7 cm³/mol. The third kappa shape index (κ3) is 2.61. The Morgan fingerprint density at radius 1 is 1.00 bits per heavy atom. The van der Waals surface area contributed by atoms with E-state index in [2.05, 4.69) is 71.3 Å². The van der Waals surface area contributed by atoms with Gasteiger partial charge in [-0.05, 0) is 37.6 Å². The largest absolute Gasteiger partial charge is 0.352 e. The van der Waals surface area contributed by atoms with E-state index in [9.17, 15) is 0 Å². The Labute approximate surface area is 127 Å². The van der Waals surface area contributed by atoms with Crippen LogP contribution >= 0.6 is 0 Å². The van der Waals surface area contributed by atoms with Crippen molar-refractivity contribution >= 4 is 11.4 Å². The maximum absolute atomic E-state index is 5.88. The number of para-hydroxylation sites is 2. The van der Waals surface area contributed by atoms with Gasteiger partial charge in [-0.3, -0.25) is 0 Å². The number of benzene rings is 2. The van der Waals surface area contributed by atoms with Crippen LogP contribution in [-0.4, -0.2) is 19.8 Å². The second-order valence-electron chi connectivity index (χ2n) is 5.46. The molecule has 0 spiro atoms. The molecule has 2 N–H and O–H groups in total. The molecule has 0 unspecified atom stereocenters. The van der Waals surface area contributed by atoms with Gasteiger partial charge in [-0.15, -0.1) is 0 Å². The van der Waals surface area contributed by atoms with Crippen LogP contribution in [0.4, 0.5) is 11.4 Å². The van der Waals surface area contributed by atoms with E-state index in [1.54, 1.807) is 0 Å². The number of hydrogen-bond donors (Lipinski definition) is 1. The Kier molecular flexibility index (Phi) is 4.11. The van der Waals surface area contributed by atoms with Gasteiger partial charge in [0.25, 0.3) is 0 Å². The number of nitrogens with two attached hydrogens (primary N) is 1. The highest BCUT2D eigenvalue weighted by molar-refractivity contribution is 5.76. The smallest absolute Gasteiger partial charge is 0.0910 e. The monoisotopic (exact) mass is 281 g/mol. The summed E-state index contributed by atoms with van der Waals surface area (Å²) in [5, 5.41) is 0. The first kappa shape index (κ1) is 14.0. The molecule has 2 aromatic rings. The summed E-state index contributed by atoms with van der Waals surface area (Å²) in [5.41, 5.74) is 9.88. The molecule has 2 aromatic carbocycles. The zero-order chi connectivity index (χ0) is 14.7.